The van der Waals surface area contributed by atoms with Crippen molar-refractivity contribution < 1.29 is 24.5 Å². The average Bonchev–Trinajstić information content (AvgIpc) is 2.50. The molecule has 1 aliphatic rings. The second-order valence-corrected chi connectivity index (χ2v) is 5.56. The van der Waals surface area contributed by atoms with E-state index < -0.39 is 17.8 Å². The molecular formula is C16H21NO5. The molecule has 0 aromatic heterocycles. The molecule has 0 heterocycles. The molecule has 1 fully saturated rings. The van der Waals surface area contributed by atoms with E-state index in [0.717, 1.165) is 6.42 Å². The monoisotopic (exact) mass is 307 g/mol. The van der Waals surface area contributed by atoms with Crippen LogP contribution in [0.2, 0.25) is 0 Å². The number of ether oxygens (including phenoxy) is 1. The van der Waals surface area contributed by atoms with Crippen molar-refractivity contribution in [2.45, 2.75) is 38.5 Å². The van der Waals surface area contributed by atoms with Crippen molar-refractivity contribution in [2.24, 2.45) is 5.92 Å². The molecule has 1 aromatic rings. The number of carbonyl (C=O) groups excluding carboxylic acids is 1. The van der Waals surface area contributed by atoms with Gasteiger partial charge >= 0.3 is 12.1 Å². The first kappa shape index (κ1) is 16.1. The number of phenols is 1. The molecule has 0 aliphatic heterocycles. The third-order valence-electron chi connectivity index (χ3n) is 3.99. The van der Waals surface area contributed by atoms with E-state index in [0.29, 0.717) is 12.5 Å². The minimum atomic E-state index is -1.26. The summed E-state index contributed by atoms with van der Waals surface area (Å²) in [5.41, 5.74) is -0.234. The lowest BCUT2D eigenvalue weighted by atomic mass is 9.87. The number of anilines is 1. The summed E-state index contributed by atoms with van der Waals surface area (Å²) in [5.74, 6) is -1.11. The van der Waals surface area contributed by atoms with Gasteiger partial charge in [0.2, 0.25) is 0 Å². The number of nitrogens with one attached hydrogen (secondary N) is 1. The summed E-state index contributed by atoms with van der Waals surface area (Å²) in [6.45, 7) is 0.329. The molecule has 6 nitrogen and oxygen atoms in total. The van der Waals surface area contributed by atoms with Crippen molar-refractivity contribution >= 4 is 17.7 Å². The van der Waals surface area contributed by atoms with Crippen molar-refractivity contribution in [3.8, 4) is 5.75 Å². The Bertz CT molecular complexity index is 537. The second-order valence-electron chi connectivity index (χ2n) is 5.56. The summed E-state index contributed by atoms with van der Waals surface area (Å²) in [6, 6.07) is 4.13. The highest BCUT2D eigenvalue weighted by molar-refractivity contribution is 5.96. The first-order valence-corrected chi connectivity index (χ1v) is 7.57. The Labute approximate surface area is 129 Å². The van der Waals surface area contributed by atoms with Crippen LogP contribution in [0.3, 0.4) is 0 Å². The molecule has 0 bridgehead atoms. The predicted molar refractivity (Wildman–Crippen MR) is 81.2 cm³/mol. The van der Waals surface area contributed by atoms with Gasteiger partial charge in [0.15, 0.2) is 5.75 Å². The Kier molecular flexibility index (Phi) is 5.63. The molecule has 1 aliphatic carbocycles. The van der Waals surface area contributed by atoms with E-state index in [2.05, 4.69) is 5.32 Å². The van der Waals surface area contributed by atoms with Gasteiger partial charge in [0, 0.05) is 0 Å². The summed E-state index contributed by atoms with van der Waals surface area (Å²) in [5, 5.41) is 21.1. The molecule has 22 heavy (non-hydrogen) atoms. The number of carbonyl (C=O) groups is 2. The number of hydrogen-bond acceptors (Lipinski definition) is 4. The first-order chi connectivity index (χ1) is 10.6. The van der Waals surface area contributed by atoms with Crippen molar-refractivity contribution in [1.29, 1.82) is 0 Å². The molecule has 3 N–H and O–H groups in total. The van der Waals surface area contributed by atoms with E-state index in [1.54, 1.807) is 0 Å². The van der Waals surface area contributed by atoms with Gasteiger partial charge in [0.05, 0.1) is 12.3 Å². The van der Waals surface area contributed by atoms with Gasteiger partial charge in [0.1, 0.15) is 5.56 Å². The summed E-state index contributed by atoms with van der Waals surface area (Å²) >= 11 is 0. The maximum atomic E-state index is 11.7. The largest absolute Gasteiger partial charge is 0.505 e. The van der Waals surface area contributed by atoms with E-state index in [4.69, 9.17) is 9.84 Å². The summed E-state index contributed by atoms with van der Waals surface area (Å²) in [7, 11) is 0. The zero-order chi connectivity index (χ0) is 15.9. The third-order valence-corrected chi connectivity index (χ3v) is 3.99. The fourth-order valence-corrected chi connectivity index (χ4v) is 2.76. The molecule has 6 heteroatoms. The fraction of sp³-hybridized carbons (Fsp3) is 0.500. The number of carboxylic acids is 1. The van der Waals surface area contributed by atoms with Crippen LogP contribution >= 0.6 is 0 Å². The smallest absolute Gasteiger partial charge is 0.411 e. The van der Waals surface area contributed by atoms with Crippen LogP contribution in [-0.4, -0.2) is 28.9 Å². The number of hydrogen-bond donors (Lipinski definition) is 3. The minimum Gasteiger partial charge on any atom is -0.505 e. The van der Waals surface area contributed by atoms with E-state index in [9.17, 15) is 14.7 Å². The standard InChI is InChI=1S/C16H21NO5/c18-14-12(15(19)20)7-4-8-13(14)17-16(21)22-10-9-11-5-2-1-3-6-11/h4,7-8,11,18H,1-3,5-6,9-10H2,(H,17,21)(H,19,20). The Balaban J connectivity index is 1.81. The topological polar surface area (TPSA) is 95.9 Å². The van der Waals surface area contributed by atoms with Crippen LogP contribution in [0.25, 0.3) is 0 Å². The highest BCUT2D eigenvalue weighted by atomic mass is 16.5. The Morgan fingerprint density at radius 1 is 1.23 bits per heavy atom. The van der Waals surface area contributed by atoms with Crippen LogP contribution in [-0.2, 0) is 4.74 Å². The van der Waals surface area contributed by atoms with Crippen molar-refractivity contribution in [3.05, 3.63) is 23.8 Å². The maximum Gasteiger partial charge on any atom is 0.411 e. The number of amides is 1. The average molecular weight is 307 g/mol. The normalized spacial score (nSPS) is 15.3. The van der Waals surface area contributed by atoms with Crippen LogP contribution in [0.4, 0.5) is 10.5 Å². The zero-order valence-corrected chi connectivity index (χ0v) is 12.4. The first-order valence-electron chi connectivity index (χ1n) is 7.57. The van der Waals surface area contributed by atoms with Crippen LogP contribution in [0.1, 0.15) is 48.9 Å². The lowest BCUT2D eigenvalue weighted by Crippen LogP contribution is -2.17. The van der Waals surface area contributed by atoms with Gasteiger partial charge < -0.3 is 14.9 Å². The molecule has 0 unspecified atom stereocenters. The maximum absolute atomic E-state index is 11.7. The van der Waals surface area contributed by atoms with Crippen LogP contribution in [0, 0.1) is 5.92 Å². The summed E-state index contributed by atoms with van der Waals surface area (Å²) < 4.78 is 5.10. The number of rotatable bonds is 5. The molecule has 0 spiro atoms. The predicted octanol–water partition coefficient (Wildman–Crippen LogP) is 3.61. The molecule has 120 valence electrons. The van der Waals surface area contributed by atoms with E-state index in [-0.39, 0.29) is 11.3 Å². The Morgan fingerprint density at radius 2 is 1.95 bits per heavy atom. The lowest BCUT2D eigenvalue weighted by molar-refractivity contribution is 0.0693. The van der Waals surface area contributed by atoms with Crippen molar-refractivity contribution in [3.63, 3.8) is 0 Å². The fourth-order valence-electron chi connectivity index (χ4n) is 2.76. The molecular weight excluding hydrogens is 286 g/mol. The van der Waals surface area contributed by atoms with Gasteiger partial charge in [-0.3, -0.25) is 5.32 Å². The third kappa shape index (κ3) is 4.38. The number of benzene rings is 1. The summed E-state index contributed by atoms with van der Waals surface area (Å²) in [4.78, 5) is 22.6. The Morgan fingerprint density at radius 3 is 2.64 bits per heavy atom. The Hall–Kier alpha value is -2.24. The molecule has 0 saturated heterocycles. The quantitative estimate of drug-likeness (QED) is 0.722. The number of carboxylic acid groups (broad SMARTS) is 1. The molecule has 0 atom stereocenters. The van der Waals surface area contributed by atoms with E-state index in [1.807, 2.05) is 0 Å². The summed E-state index contributed by atoms with van der Waals surface area (Å²) in [6.07, 6.45) is 6.30. The van der Waals surface area contributed by atoms with Gasteiger partial charge in [0.25, 0.3) is 0 Å². The SMILES string of the molecule is O=C(Nc1cccc(C(=O)O)c1O)OCCC1CCCCC1. The highest BCUT2D eigenvalue weighted by Gasteiger charge is 2.16. The lowest BCUT2D eigenvalue weighted by Gasteiger charge is -2.21. The van der Waals surface area contributed by atoms with Crippen LogP contribution in [0.15, 0.2) is 18.2 Å². The second kappa shape index (κ2) is 7.68. The van der Waals surface area contributed by atoms with E-state index in [1.165, 1.54) is 50.3 Å². The molecule has 2 rings (SSSR count). The number of aromatic hydroxyl groups is 1. The van der Waals surface area contributed by atoms with Gasteiger partial charge in [-0.25, -0.2) is 9.59 Å². The van der Waals surface area contributed by atoms with Crippen LogP contribution in [0.5, 0.6) is 5.75 Å². The molecule has 1 aromatic carbocycles. The zero-order valence-electron chi connectivity index (χ0n) is 12.4. The number of para-hydroxylation sites is 1. The molecule has 1 amide bonds. The molecule has 1 saturated carbocycles. The highest BCUT2D eigenvalue weighted by Crippen LogP contribution is 2.28. The van der Waals surface area contributed by atoms with E-state index >= 15 is 0 Å². The van der Waals surface area contributed by atoms with Gasteiger partial charge in [-0.2, -0.15) is 0 Å². The molecule has 0 radical (unpaired) electrons. The van der Waals surface area contributed by atoms with Crippen LogP contribution < -0.4 is 5.32 Å². The van der Waals surface area contributed by atoms with Gasteiger partial charge in [-0.05, 0) is 24.5 Å². The van der Waals surface area contributed by atoms with Crippen molar-refractivity contribution in [1.82, 2.24) is 0 Å². The number of aromatic carboxylic acids is 1. The van der Waals surface area contributed by atoms with Gasteiger partial charge in [-0.1, -0.05) is 38.2 Å². The minimum absolute atomic E-state index is 0.0302. The van der Waals surface area contributed by atoms with Gasteiger partial charge in [-0.15, -0.1) is 0 Å². The van der Waals surface area contributed by atoms with Crippen molar-refractivity contribution in [2.75, 3.05) is 11.9 Å².